The zero-order valence-electron chi connectivity index (χ0n) is 11.3. The summed E-state index contributed by atoms with van der Waals surface area (Å²) in [6, 6.07) is 0. The highest BCUT2D eigenvalue weighted by Crippen LogP contribution is 2.20. The van der Waals surface area contributed by atoms with Crippen LogP contribution in [0.25, 0.3) is 0 Å². The molecule has 2 N–H and O–H groups in total. The Labute approximate surface area is 100 Å². The summed E-state index contributed by atoms with van der Waals surface area (Å²) in [6.07, 6.45) is 5.15. The van der Waals surface area contributed by atoms with Gasteiger partial charge in [0, 0.05) is 13.1 Å². The molecular formula is C13H27N3. The standard InChI is InChI=1S/C13H27N3/c1-5-11-7-6-9-16(10-8-11)12(14)15-13(2,3)4/h11H,5-10H2,1-4H3,(H2,14,15). The van der Waals surface area contributed by atoms with Gasteiger partial charge in [0.05, 0.1) is 5.54 Å². The molecule has 0 radical (unpaired) electrons. The summed E-state index contributed by atoms with van der Waals surface area (Å²) in [4.78, 5) is 6.80. The number of hydrogen-bond donors (Lipinski definition) is 1. The van der Waals surface area contributed by atoms with Gasteiger partial charge in [-0.2, -0.15) is 0 Å². The number of guanidine groups is 1. The van der Waals surface area contributed by atoms with Crippen molar-refractivity contribution in [3.8, 4) is 0 Å². The third-order valence-corrected chi connectivity index (χ3v) is 3.20. The van der Waals surface area contributed by atoms with Crippen molar-refractivity contribution in [3.63, 3.8) is 0 Å². The lowest BCUT2D eigenvalue weighted by atomic mass is 9.98. The van der Waals surface area contributed by atoms with Crippen LogP contribution in [0.4, 0.5) is 0 Å². The van der Waals surface area contributed by atoms with Crippen LogP contribution in [0.1, 0.15) is 53.4 Å². The Hall–Kier alpha value is -0.730. The van der Waals surface area contributed by atoms with Crippen LogP contribution in [0.15, 0.2) is 4.99 Å². The Morgan fingerprint density at radius 2 is 2.00 bits per heavy atom. The predicted molar refractivity (Wildman–Crippen MR) is 70.6 cm³/mol. The van der Waals surface area contributed by atoms with Crippen molar-refractivity contribution in [2.24, 2.45) is 16.6 Å². The van der Waals surface area contributed by atoms with E-state index >= 15 is 0 Å². The first-order chi connectivity index (χ1) is 7.42. The summed E-state index contributed by atoms with van der Waals surface area (Å²) in [7, 11) is 0. The monoisotopic (exact) mass is 225 g/mol. The minimum absolute atomic E-state index is 0.0689. The van der Waals surface area contributed by atoms with Gasteiger partial charge in [-0.25, -0.2) is 4.99 Å². The van der Waals surface area contributed by atoms with Crippen LogP contribution in [0.3, 0.4) is 0 Å². The molecule has 3 nitrogen and oxygen atoms in total. The van der Waals surface area contributed by atoms with Gasteiger partial charge in [-0.15, -0.1) is 0 Å². The molecular weight excluding hydrogens is 198 g/mol. The molecule has 0 aromatic carbocycles. The molecule has 0 aromatic rings. The van der Waals surface area contributed by atoms with Crippen LogP contribution in [0.5, 0.6) is 0 Å². The van der Waals surface area contributed by atoms with Gasteiger partial charge in [-0.1, -0.05) is 13.3 Å². The molecule has 0 aliphatic carbocycles. The molecule has 0 bridgehead atoms. The van der Waals surface area contributed by atoms with Gasteiger partial charge in [0.15, 0.2) is 5.96 Å². The summed E-state index contributed by atoms with van der Waals surface area (Å²) in [5.74, 6) is 1.61. The van der Waals surface area contributed by atoms with Crippen LogP contribution >= 0.6 is 0 Å². The van der Waals surface area contributed by atoms with Gasteiger partial charge in [0.25, 0.3) is 0 Å². The first kappa shape index (κ1) is 13.3. The van der Waals surface area contributed by atoms with E-state index in [0.717, 1.165) is 25.0 Å². The van der Waals surface area contributed by atoms with E-state index in [1.54, 1.807) is 0 Å². The first-order valence-corrected chi connectivity index (χ1v) is 6.52. The molecule has 1 heterocycles. The minimum Gasteiger partial charge on any atom is -0.370 e. The minimum atomic E-state index is -0.0689. The molecule has 1 aliphatic heterocycles. The van der Waals surface area contributed by atoms with Crippen LogP contribution in [0, 0.1) is 5.92 Å². The number of hydrogen-bond acceptors (Lipinski definition) is 1. The molecule has 3 heteroatoms. The molecule has 1 unspecified atom stereocenters. The number of aliphatic imine (C=N–C) groups is 1. The average molecular weight is 225 g/mol. The lowest BCUT2D eigenvalue weighted by Crippen LogP contribution is -2.39. The molecule has 1 aliphatic rings. The van der Waals surface area contributed by atoms with E-state index in [4.69, 9.17) is 5.73 Å². The highest BCUT2D eigenvalue weighted by molar-refractivity contribution is 5.78. The van der Waals surface area contributed by atoms with Crippen molar-refractivity contribution >= 4 is 5.96 Å². The van der Waals surface area contributed by atoms with Crippen LogP contribution in [-0.4, -0.2) is 29.5 Å². The lowest BCUT2D eigenvalue weighted by molar-refractivity contribution is 0.402. The zero-order chi connectivity index (χ0) is 12.2. The molecule has 1 saturated heterocycles. The van der Waals surface area contributed by atoms with Gasteiger partial charge in [0.2, 0.25) is 0 Å². The third-order valence-electron chi connectivity index (χ3n) is 3.20. The molecule has 1 fully saturated rings. The summed E-state index contributed by atoms with van der Waals surface area (Å²) in [6.45, 7) is 10.7. The van der Waals surface area contributed by atoms with E-state index in [-0.39, 0.29) is 5.54 Å². The summed E-state index contributed by atoms with van der Waals surface area (Å²) in [5, 5.41) is 0. The summed E-state index contributed by atoms with van der Waals surface area (Å²) < 4.78 is 0. The van der Waals surface area contributed by atoms with E-state index in [1.165, 1.54) is 25.7 Å². The fraction of sp³-hybridized carbons (Fsp3) is 0.923. The molecule has 94 valence electrons. The average Bonchev–Trinajstić information content (AvgIpc) is 2.39. The van der Waals surface area contributed by atoms with Crippen molar-refractivity contribution in [2.45, 2.75) is 58.9 Å². The lowest BCUT2D eigenvalue weighted by Gasteiger charge is -2.24. The van der Waals surface area contributed by atoms with Gasteiger partial charge in [0.1, 0.15) is 0 Å². The van der Waals surface area contributed by atoms with E-state index in [2.05, 4.69) is 37.6 Å². The summed E-state index contributed by atoms with van der Waals surface area (Å²) >= 11 is 0. The zero-order valence-corrected chi connectivity index (χ0v) is 11.3. The van der Waals surface area contributed by atoms with Crippen molar-refractivity contribution in [1.82, 2.24) is 4.90 Å². The quantitative estimate of drug-likeness (QED) is 0.550. The van der Waals surface area contributed by atoms with Crippen molar-refractivity contribution in [1.29, 1.82) is 0 Å². The molecule has 1 rings (SSSR count). The topological polar surface area (TPSA) is 41.6 Å². The number of nitrogens with zero attached hydrogens (tertiary/aromatic N) is 2. The highest BCUT2D eigenvalue weighted by Gasteiger charge is 2.18. The maximum absolute atomic E-state index is 6.07. The fourth-order valence-electron chi connectivity index (χ4n) is 2.22. The molecule has 0 amide bonds. The normalized spacial score (nSPS) is 24.4. The molecule has 1 atom stereocenters. The number of likely N-dealkylation sites (tertiary alicyclic amines) is 1. The smallest absolute Gasteiger partial charge is 0.191 e. The molecule has 0 aromatic heterocycles. The Morgan fingerprint density at radius 3 is 2.56 bits per heavy atom. The molecule has 0 saturated carbocycles. The van der Waals surface area contributed by atoms with Gasteiger partial charge >= 0.3 is 0 Å². The first-order valence-electron chi connectivity index (χ1n) is 6.52. The van der Waals surface area contributed by atoms with Crippen molar-refractivity contribution in [3.05, 3.63) is 0 Å². The van der Waals surface area contributed by atoms with Crippen molar-refractivity contribution < 1.29 is 0 Å². The van der Waals surface area contributed by atoms with Crippen LogP contribution in [-0.2, 0) is 0 Å². The van der Waals surface area contributed by atoms with Gasteiger partial charge in [-0.3, -0.25) is 0 Å². The van der Waals surface area contributed by atoms with E-state index in [1.807, 2.05) is 0 Å². The van der Waals surface area contributed by atoms with Crippen LogP contribution in [0.2, 0.25) is 0 Å². The van der Waals surface area contributed by atoms with E-state index in [0.29, 0.717) is 0 Å². The maximum Gasteiger partial charge on any atom is 0.191 e. The number of nitrogens with two attached hydrogens (primary N) is 1. The summed E-state index contributed by atoms with van der Waals surface area (Å²) in [5.41, 5.74) is 6.00. The van der Waals surface area contributed by atoms with E-state index < -0.39 is 0 Å². The second-order valence-corrected chi connectivity index (χ2v) is 5.83. The van der Waals surface area contributed by atoms with Gasteiger partial charge in [-0.05, 0) is 46.0 Å². The van der Waals surface area contributed by atoms with E-state index in [9.17, 15) is 0 Å². The van der Waals surface area contributed by atoms with Crippen molar-refractivity contribution in [2.75, 3.05) is 13.1 Å². The Kier molecular flexibility index (Phi) is 4.63. The maximum atomic E-state index is 6.07. The molecule has 0 spiro atoms. The largest absolute Gasteiger partial charge is 0.370 e. The second-order valence-electron chi connectivity index (χ2n) is 5.83. The Bertz CT molecular complexity index is 240. The second kappa shape index (κ2) is 5.55. The highest BCUT2D eigenvalue weighted by atomic mass is 15.3. The Morgan fingerprint density at radius 1 is 1.31 bits per heavy atom. The molecule has 16 heavy (non-hydrogen) atoms. The van der Waals surface area contributed by atoms with Gasteiger partial charge < -0.3 is 10.6 Å². The van der Waals surface area contributed by atoms with Crippen LogP contribution < -0.4 is 5.73 Å². The predicted octanol–water partition coefficient (Wildman–Crippen LogP) is 2.61. The fourth-order valence-corrected chi connectivity index (χ4v) is 2.22. The third kappa shape index (κ3) is 4.42. The SMILES string of the molecule is CCC1CCCN(C(N)=NC(C)(C)C)CC1. The number of rotatable bonds is 1. The Balaban J connectivity index is 2.57.